The molecule has 0 amide bonds. The second-order valence-corrected chi connectivity index (χ2v) is 6.70. The Bertz CT molecular complexity index is 522. The lowest BCUT2D eigenvalue weighted by molar-refractivity contribution is 0.0437. The average molecular weight is 298 g/mol. The predicted octanol–water partition coefficient (Wildman–Crippen LogP) is 3.55. The minimum Gasteiger partial charge on any atom is -0.367 e. The number of nitrogens with zero attached hydrogens (tertiary/aromatic N) is 3. The smallest absolute Gasteiger partial charge is 0.143 e. The van der Waals surface area contributed by atoms with Gasteiger partial charge in [-0.15, -0.1) is 0 Å². The van der Waals surface area contributed by atoms with Gasteiger partial charge in [0.05, 0.1) is 5.56 Å². The Kier molecular flexibility index (Phi) is 4.94. The maximum atomic E-state index is 9.23. The Morgan fingerprint density at radius 1 is 1.14 bits per heavy atom. The molecule has 1 aromatic rings. The van der Waals surface area contributed by atoms with Crippen LogP contribution < -0.4 is 5.32 Å². The quantitative estimate of drug-likeness (QED) is 0.923. The van der Waals surface area contributed by atoms with Crippen LogP contribution >= 0.6 is 0 Å². The highest BCUT2D eigenvalue weighted by Crippen LogP contribution is 2.35. The number of rotatable bonds is 4. The van der Waals surface area contributed by atoms with Crippen molar-refractivity contribution >= 4 is 5.82 Å². The monoisotopic (exact) mass is 298 g/mol. The van der Waals surface area contributed by atoms with Gasteiger partial charge in [-0.1, -0.05) is 25.7 Å². The fourth-order valence-corrected chi connectivity index (χ4v) is 4.07. The summed E-state index contributed by atoms with van der Waals surface area (Å²) in [5.41, 5.74) is 0.912. The summed E-state index contributed by atoms with van der Waals surface area (Å²) in [5, 5.41) is 12.7. The second-order valence-electron chi connectivity index (χ2n) is 6.70. The predicted molar refractivity (Wildman–Crippen MR) is 88.7 cm³/mol. The van der Waals surface area contributed by atoms with E-state index in [1.54, 1.807) is 6.20 Å². The molecule has 0 bridgehead atoms. The van der Waals surface area contributed by atoms with Crippen LogP contribution in [0.2, 0.25) is 0 Å². The summed E-state index contributed by atoms with van der Waals surface area (Å²) in [7, 11) is 0. The van der Waals surface area contributed by atoms with E-state index in [9.17, 15) is 5.26 Å². The number of nitrogens with one attached hydrogen (secondary N) is 1. The first-order valence-electron chi connectivity index (χ1n) is 8.68. The number of hydrogen-bond donors (Lipinski definition) is 1. The molecule has 2 aliphatic rings. The van der Waals surface area contributed by atoms with Crippen molar-refractivity contribution in [3.63, 3.8) is 0 Å². The van der Waals surface area contributed by atoms with E-state index >= 15 is 0 Å². The molecule has 0 atom stereocenters. The van der Waals surface area contributed by atoms with Crippen molar-refractivity contribution in [3.05, 3.63) is 23.9 Å². The zero-order valence-corrected chi connectivity index (χ0v) is 13.4. The zero-order valence-electron chi connectivity index (χ0n) is 13.4. The largest absolute Gasteiger partial charge is 0.367 e. The van der Waals surface area contributed by atoms with Gasteiger partial charge >= 0.3 is 0 Å². The molecule has 0 spiro atoms. The molecular weight excluding hydrogens is 272 g/mol. The lowest BCUT2D eigenvalue weighted by Gasteiger charge is -2.48. The van der Waals surface area contributed by atoms with Gasteiger partial charge < -0.3 is 5.32 Å². The standard InChI is InChI=1S/C18H26N4/c19-14-16-8-7-11-20-17(16)21-15-18(9-3-1-4-10-18)22-12-5-2-6-13-22/h7-8,11H,1-6,9-10,12-13,15H2,(H,20,21). The van der Waals surface area contributed by atoms with E-state index in [1.807, 2.05) is 12.1 Å². The first-order chi connectivity index (χ1) is 10.8. The highest BCUT2D eigenvalue weighted by molar-refractivity contribution is 5.51. The lowest BCUT2D eigenvalue weighted by atomic mass is 9.79. The topological polar surface area (TPSA) is 52.0 Å². The van der Waals surface area contributed by atoms with Crippen LogP contribution in [0.4, 0.5) is 5.82 Å². The average Bonchev–Trinajstić information content (AvgIpc) is 2.62. The summed E-state index contributed by atoms with van der Waals surface area (Å²) >= 11 is 0. The number of nitriles is 1. The highest BCUT2D eigenvalue weighted by atomic mass is 15.2. The van der Waals surface area contributed by atoms with Crippen molar-refractivity contribution in [2.75, 3.05) is 25.0 Å². The third kappa shape index (κ3) is 3.25. The van der Waals surface area contributed by atoms with E-state index < -0.39 is 0 Å². The number of piperidine rings is 1. The van der Waals surface area contributed by atoms with Crippen LogP contribution in [0, 0.1) is 11.3 Å². The van der Waals surface area contributed by atoms with Crippen molar-refractivity contribution in [2.45, 2.75) is 56.9 Å². The summed E-state index contributed by atoms with van der Waals surface area (Å²) in [6.07, 6.45) is 12.4. The normalized spacial score (nSPS) is 22.0. The number of aromatic nitrogens is 1. The summed E-state index contributed by atoms with van der Waals surface area (Å²) in [4.78, 5) is 7.08. The molecule has 1 aromatic heterocycles. The molecule has 1 aliphatic carbocycles. The Morgan fingerprint density at radius 2 is 1.86 bits per heavy atom. The fraction of sp³-hybridized carbons (Fsp3) is 0.667. The van der Waals surface area contributed by atoms with Crippen molar-refractivity contribution < 1.29 is 0 Å². The van der Waals surface area contributed by atoms with Gasteiger partial charge in [0.25, 0.3) is 0 Å². The number of hydrogen-bond acceptors (Lipinski definition) is 4. The third-order valence-electron chi connectivity index (χ3n) is 5.32. The van der Waals surface area contributed by atoms with Gasteiger partial charge in [0.15, 0.2) is 0 Å². The Labute approximate surface area is 133 Å². The molecule has 2 fully saturated rings. The van der Waals surface area contributed by atoms with Crippen molar-refractivity contribution in [1.82, 2.24) is 9.88 Å². The van der Waals surface area contributed by atoms with Gasteiger partial charge in [-0.25, -0.2) is 4.98 Å². The van der Waals surface area contributed by atoms with Gasteiger partial charge in [-0.2, -0.15) is 5.26 Å². The zero-order chi connectivity index (χ0) is 15.3. The van der Waals surface area contributed by atoms with Crippen LogP contribution in [0.5, 0.6) is 0 Å². The first kappa shape index (κ1) is 15.3. The minimum absolute atomic E-state index is 0.267. The van der Waals surface area contributed by atoms with E-state index in [2.05, 4.69) is 21.3 Å². The van der Waals surface area contributed by atoms with E-state index in [1.165, 1.54) is 64.5 Å². The van der Waals surface area contributed by atoms with Crippen LogP contribution in [0.3, 0.4) is 0 Å². The summed E-state index contributed by atoms with van der Waals surface area (Å²) in [6.45, 7) is 3.38. The van der Waals surface area contributed by atoms with E-state index in [4.69, 9.17) is 0 Å². The van der Waals surface area contributed by atoms with Gasteiger partial charge in [0, 0.05) is 18.3 Å². The van der Waals surface area contributed by atoms with Crippen molar-refractivity contribution in [1.29, 1.82) is 5.26 Å². The molecule has 0 radical (unpaired) electrons. The minimum atomic E-state index is 0.267. The molecule has 22 heavy (non-hydrogen) atoms. The van der Waals surface area contributed by atoms with E-state index in [0.29, 0.717) is 5.56 Å². The van der Waals surface area contributed by atoms with E-state index in [0.717, 1.165) is 12.4 Å². The SMILES string of the molecule is N#Cc1cccnc1NCC1(N2CCCCC2)CCCCC1. The van der Waals surface area contributed by atoms with Crippen molar-refractivity contribution in [2.24, 2.45) is 0 Å². The Morgan fingerprint density at radius 3 is 2.59 bits per heavy atom. The Balaban J connectivity index is 1.74. The number of pyridine rings is 1. The van der Waals surface area contributed by atoms with Gasteiger partial charge in [0.1, 0.15) is 11.9 Å². The third-order valence-corrected chi connectivity index (χ3v) is 5.32. The van der Waals surface area contributed by atoms with Gasteiger partial charge in [-0.3, -0.25) is 4.90 Å². The van der Waals surface area contributed by atoms with Gasteiger partial charge in [0.2, 0.25) is 0 Å². The Hall–Kier alpha value is -1.60. The molecule has 0 aromatic carbocycles. The maximum Gasteiger partial charge on any atom is 0.143 e. The fourth-order valence-electron chi connectivity index (χ4n) is 4.07. The molecule has 0 unspecified atom stereocenters. The molecule has 4 heteroatoms. The van der Waals surface area contributed by atoms with E-state index in [-0.39, 0.29) is 5.54 Å². The summed E-state index contributed by atoms with van der Waals surface area (Å²) in [6, 6.07) is 5.90. The number of anilines is 1. The molecule has 4 nitrogen and oxygen atoms in total. The van der Waals surface area contributed by atoms with Crippen LogP contribution in [-0.4, -0.2) is 35.1 Å². The molecule has 1 aliphatic heterocycles. The van der Waals surface area contributed by atoms with Crippen LogP contribution in [-0.2, 0) is 0 Å². The molecule has 1 N–H and O–H groups in total. The summed E-state index contributed by atoms with van der Waals surface area (Å²) < 4.78 is 0. The first-order valence-corrected chi connectivity index (χ1v) is 8.68. The highest BCUT2D eigenvalue weighted by Gasteiger charge is 2.38. The second kappa shape index (κ2) is 7.11. The molecule has 2 heterocycles. The molecule has 1 saturated carbocycles. The molecule has 118 valence electrons. The molecule has 1 saturated heterocycles. The van der Waals surface area contributed by atoms with Crippen molar-refractivity contribution in [3.8, 4) is 6.07 Å². The molecular formula is C18H26N4. The van der Waals surface area contributed by atoms with Gasteiger partial charge in [-0.05, 0) is 50.9 Å². The molecule has 3 rings (SSSR count). The number of likely N-dealkylation sites (tertiary alicyclic amines) is 1. The lowest BCUT2D eigenvalue weighted by Crippen LogP contribution is -2.56. The summed E-state index contributed by atoms with van der Waals surface area (Å²) in [5.74, 6) is 0.743. The van der Waals surface area contributed by atoms with Crippen LogP contribution in [0.15, 0.2) is 18.3 Å². The van der Waals surface area contributed by atoms with Crippen LogP contribution in [0.1, 0.15) is 56.9 Å². The van der Waals surface area contributed by atoms with Crippen LogP contribution in [0.25, 0.3) is 0 Å². The maximum absolute atomic E-state index is 9.23.